The van der Waals surface area contributed by atoms with E-state index in [1.807, 2.05) is 6.92 Å². The second-order valence-corrected chi connectivity index (χ2v) is 6.92. The Morgan fingerprint density at radius 2 is 2.00 bits per heavy atom. The van der Waals surface area contributed by atoms with Gasteiger partial charge in [-0.15, -0.1) is 11.3 Å². The predicted octanol–water partition coefficient (Wildman–Crippen LogP) is 4.36. The number of anilines is 1. The quantitative estimate of drug-likeness (QED) is 0.422. The molecule has 0 spiro atoms. The fourth-order valence-electron chi connectivity index (χ4n) is 3.04. The maximum Gasteiger partial charge on any atom is 0.188 e. The van der Waals surface area contributed by atoms with Gasteiger partial charge < -0.3 is 10.4 Å². The number of aromatic hydroxyl groups is 1. The molecule has 0 aromatic heterocycles. The Morgan fingerprint density at radius 3 is 2.79 bits per heavy atom. The Balaban J connectivity index is 2.12. The third kappa shape index (κ3) is 2.29. The summed E-state index contributed by atoms with van der Waals surface area (Å²) in [6, 6.07) is 10.7. The van der Waals surface area contributed by atoms with Gasteiger partial charge in [-0.1, -0.05) is 0 Å². The van der Waals surface area contributed by atoms with Crippen molar-refractivity contribution >= 4 is 38.0 Å². The van der Waals surface area contributed by atoms with Crippen molar-refractivity contribution < 1.29 is 5.11 Å². The summed E-state index contributed by atoms with van der Waals surface area (Å²) >= 11 is 1.57. The molecule has 0 saturated heterocycles. The number of nitrogens with one attached hydrogen (secondary N) is 1. The van der Waals surface area contributed by atoms with Crippen molar-refractivity contribution in [3.8, 4) is 16.3 Å². The number of hydrogen-bond donors (Lipinski definition) is 2. The summed E-state index contributed by atoms with van der Waals surface area (Å²) in [7, 11) is 0. The van der Waals surface area contributed by atoms with E-state index in [-0.39, 0.29) is 11.2 Å². The number of aromatic nitrogens is 1. The van der Waals surface area contributed by atoms with Crippen molar-refractivity contribution in [2.45, 2.75) is 13.8 Å². The lowest BCUT2D eigenvalue weighted by Crippen LogP contribution is -2.03. The molecule has 1 aliphatic heterocycles. The standard InChI is InChI=1S/C19H16N2O2S/c1-3-20-11-6-10(2)18-16(7-11)24-17-9-15(23)14-8-12(22)4-5-13(14)19(17)21-18/h4-9,20,22H,3H2,1-2H3. The van der Waals surface area contributed by atoms with Crippen LogP contribution in [0.2, 0.25) is 0 Å². The lowest BCUT2D eigenvalue weighted by Gasteiger charge is -2.12. The van der Waals surface area contributed by atoms with Crippen molar-refractivity contribution in [1.82, 2.24) is 4.98 Å². The van der Waals surface area contributed by atoms with Crippen LogP contribution in [0, 0.1) is 6.92 Å². The van der Waals surface area contributed by atoms with Crippen molar-refractivity contribution in [1.29, 1.82) is 0 Å². The molecule has 0 atom stereocenters. The first-order valence-electron chi connectivity index (χ1n) is 7.81. The summed E-state index contributed by atoms with van der Waals surface area (Å²) < 4.78 is 1.05. The molecule has 0 radical (unpaired) electrons. The number of phenolic OH excluding ortho intramolecular Hbond substituents is 1. The molecule has 2 aromatic carbocycles. The molecule has 1 heterocycles. The van der Waals surface area contributed by atoms with E-state index in [0.29, 0.717) is 5.39 Å². The van der Waals surface area contributed by atoms with E-state index in [9.17, 15) is 9.90 Å². The van der Waals surface area contributed by atoms with E-state index in [0.717, 1.165) is 44.0 Å². The first-order valence-corrected chi connectivity index (χ1v) is 8.63. The van der Waals surface area contributed by atoms with Gasteiger partial charge in [0.1, 0.15) is 5.75 Å². The number of benzene rings is 3. The van der Waals surface area contributed by atoms with Crippen LogP contribution in [0.3, 0.4) is 0 Å². The minimum Gasteiger partial charge on any atom is -0.508 e. The predicted molar refractivity (Wildman–Crippen MR) is 101 cm³/mol. The summed E-state index contributed by atoms with van der Waals surface area (Å²) in [5.74, 6) is 0.0925. The van der Waals surface area contributed by atoms with Crippen molar-refractivity contribution in [2.24, 2.45) is 0 Å². The van der Waals surface area contributed by atoms with Gasteiger partial charge in [0.2, 0.25) is 0 Å². The largest absolute Gasteiger partial charge is 0.508 e. The van der Waals surface area contributed by atoms with Gasteiger partial charge in [-0.3, -0.25) is 4.79 Å². The Kier molecular flexibility index (Phi) is 3.39. The Bertz CT molecular complexity index is 1120. The molecule has 0 amide bonds. The second kappa shape index (κ2) is 5.46. The molecule has 5 heteroatoms. The summed E-state index contributed by atoms with van der Waals surface area (Å²) in [4.78, 5) is 18.1. The lowest BCUT2D eigenvalue weighted by atomic mass is 10.1. The molecule has 4 nitrogen and oxygen atoms in total. The zero-order chi connectivity index (χ0) is 16.8. The van der Waals surface area contributed by atoms with Gasteiger partial charge in [0.15, 0.2) is 5.43 Å². The molecule has 120 valence electrons. The molecular weight excluding hydrogens is 320 g/mol. The highest BCUT2D eigenvalue weighted by Crippen LogP contribution is 2.37. The van der Waals surface area contributed by atoms with Gasteiger partial charge in [0, 0.05) is 29.1 Å². The van der Waals surface area contributed by atoms with E-state index in [2.05, 4.69) is 24.4 Å². The molecule has 2 N–H and O–H groups in total. The second-order valence-electron chi connectivity index (χ2n) is 5.84. The molecule has 0 unspecified atom stereocenters. The average Bonchev–Trinajstić information content (AvgIpc) is 2.54. The Hall–Kier alpha value is -2.66. The zero-order valence-electron chi connectivity index (χ0n) is 13.4. The number of hydrogen-bond acceptors (Lipinski definition) is 5. The number of nitrogens with zero attached hydrogens (tertiary/aromatic N) is 1. The summed E-state index contributed by atoms with van der Waals surface area (Å²) in [5.41, 5.74) is 3.82. The van der Waals surface area contributed by atoms with Gasteiger partial charge in [0.25, 0.3) is 0 Å². The number of rotatable bonds is 2. The Labute approximate surface area is 142 Å². The van der Waals surface area contributed by atoms with E-state index < -0.39 is 0 Å². The van der Waals surface area contributed by atoms with E-state index in [4.69, 9.17) is 4.98 Å². The SMILES string of the molecule is CCNc1cc(C)c2nc3c4ccc(O)cc4c(=O)cc-3sc2c1. The summed E-state index contributed by atoms with van der Waals surface area (Å²) in [6.07, 6.45) is 0. The maximum absolute atomic E-state index is 12.4. The van der Waals surface area contributed by atoms with Crippen molar-refractivity contribution in [2.75, 3.05) is 11.9 Å². The van der Waals surface area contributed by atoms with Crippen LogP contribution in [-0.4, -0.2) is 16.6 Å². The lowest BCUT2D eigenvalue weighted by molar-refractivity contribution is 0.476. The number of fused-ring (bicyclic) bond motifs is 4. The number of phenols is 1. The van der Waals surface area contributed by atoms with Crippen molar-refractivity contribution in [3.63, 3.8) is 0 Å². The molecule has 2 aliphatic rings. The molecule has 0 bridgehead atoms. The molecule has 0 saturated carbocycles. The maximum atomic E-state index is 12.4. The normalized spacial score (nSPS) is 11.4. The van der Waals surface area contributed by atoms with Crippen molar-refractivity contribution in [3.05, 3.63) is 52.2 Å². The minimum atomic E-state index is -0.0923. The topological polar surface area (TPSA) is 62.2 Å². The third-order valence-corrected chi connectivity index (χ3v) is 5.17. The highest BCUT2D eigenvalue weighted by Gasteiger charge is 2.15. The fourth-order valence-corrected chi connectivity index (χ4v) is 4.18. The average molecular weight is 336 g/mol. The van der Waals surface area contributed by atoms with Gasteiger partial charge >= 0.3 is 0 Å². The van der Waals surface area contributed by atoms with E-state index in [1.54, 1.807) is 29.5 Å². The third-order valence-electron chi connectivity index (χ3n) is 4.11. The molecule has 2 aromatic rings. The number of aryl methyl sites for hydroxylation is 1. The molecular formula is C19H16N2O2S. The van der Waals surface area contributed by atoms with Crippen LogP contribution >= 0.6 is 11.3 Å². The minimum absolute atomic E-state index is 0.0923. The first kappa shape index (κ1) is 14.9. The van der Waals surface area contributed by atoms with E-state index >= 15 is 0 Å². The van der Waals surface area contributed by atoms with Gasteiger partial charge in [-0.05, 0) is 49.7 Å². The molecule has 1 aliphatic carbocycles. The molecule has 0 fully saturated rings. The van der Waals surface area contributed by atoms with Crippen LogP contribution in [0.1, 0.15) is 12.5 Å². The summed E-state index contributed by atoms with van der Waals surface area (Å²) in [5, 5.41) is 14.3. The van der Waals surface area contributed by atoms with Crippen LogP contribution in [-0.2, 0) is 0 Å². The van der Waals surface area contributed by atoms with Gasteiger partial charge in [-0.2, -0.15) is 0 Å². The zero-order valence-corrected chi connectivity index (χ0v) is 14.2. The molecule has 4 rings (SSSR count). The summed E-state index contributed by atoms with van der Waals surface area (Å²) in [6.45, 7) is 4.97. The van der Waals surface area contributed by atoms with Crippen LogP contribution in [0.25, 0.3) is 31.6 Å². The Morgan fingerprint density at radius 1 is 1.17 bits per heavy atom. The van der Waals surface area contributed by atoms with Gasteiger partial charge in [0.05, 0.1) is 20.8 Å². The van der Waals surface area contributed by atoms with Gasteiger partial charge in [-0.25, -0.2) is 4.98 Å². The first-order chi connectivity index (χ1) is 11.6. The molecule has 24 heavy (non-hydrogen) atoms. The van der Waals surface area contributed by atoms with Crippen LogP contribution in [0.5, 0.6) is 5.75 Å². The monoisotopic (exact) mass is 336 g/mol. The fraction of sp³-hybridized carbons (Fsp3) is 0.158. The van der Waals surface area contributed by atoms with E-state index in [1.165, 1.54) is 6.07 Å². The highest BCUT2D eigenvalue weighted by atomic mass is 32.1. The van der Waals surface area contributed by atoms with Crippen LogP contribution in [0.4, 0.5) is 5.69 Å². The van der Waals surface area contributed by atoms with Crippen LogP contribution < -0.4 is 10.7 Å². The highest BCUT2D eigenvalue weighted by molar-refractivity contribution is 7.21. The van der Waals surface area contributed by atoms with Crippen LogP contribution in [0.15, 0.2) is 41.2 Å². The smallest absolute Gasteiger partial charge is 0.188 e.